The van der Waals surface area contributed by atoms with Crippen LogP contribution in [-0.4, -0.2) is 49.1 Å². The Balaban J connectivity index is 1.66. The largest absolute Gasteiger partial charge is 0.494 e. The van der Waals surface area contributed by atoms with Gasteiger partial charge in [-0.1, -0.05) is 0 Å². The number of piperidine rings is 1. The number of likely N-dealkylation sites (tertiary alicyclic amines) is 1. The van der Waals surface area contributed by atoms with Crippen LogP contribution in [0, 0.1) is 12.8 Å². The molecule has 1 amide bonds. The standard InChI is InChI=1S/C21H29N3O2S/c1-4-26-18-7-5-17(6-8-18)20-23-15(2)19(27-20)21(25)24-13-10-16(11-14-24)9-12-22-3/h5-8,16,22H,4,9-14H2,1-3H3. The second-order valence-electron chi connectivity index (χ2n) is 7.02. The van der Waals surface area contributed by atoms with Crippen molar-refractivity contribution in [1.29, 1.82) is 0 Å². The lowest BCUT2D eigenvalue weighted by molar-refractivity contribution is 0.0691. The van der Waals surface area contributed by atoms with Crippen LogP contribution in [0.3, 0.4) is 0 Å². The van der Waals surface area contributed by atoms with Crippen LogP contribution in [0.2, 0.25) is 0 Å². The number of nitrogens with one attached hydrogen (secondary N) is 1. The summed E-state index contributed by atoms with van der Waals surface area (Å²) < 4.78 is 5.49. The van der Waals surface area contributed by atoms with E-state index in [1.807, 2.05) is 50.1 Å². The maximum Gasteiger partial charge on any atom is 0.265 e. The molecule has 0 unspecified atom stereocenters. The van der Waals surface area contributed by atoms with Gasteiger partial charge in [0.1, 0.15) is 15.6 Å². The van der Waals surface area contributed by atoms with E-state index in [1.165, 1.54) is 17.8 Å². The quantitative estimate of drug-likeness (QED) is 0.781. The van der Waals surface area contributed by atoms with E-state index < -0.39 is 0 Å². The van der Waals surface area contributed by atoms with E-state index in [4.69, 9.17) is 4.74 Å². The van der Waals surface area contributed by atoms with Gasteiger partial charge in [-0.15, -0.1) is 11.3 Å². The summed E-state index contributed by atoms with van der Waals surface area (Å²) in [4.78, 5) is 20.4. The van der Waals surface area contributed by atoms with Crippen molar-refractivity contribution in [2.75, 3.05) is 33.3 Å². The first kappa shape index (κ1) is 19.8. The molecule has 5 nitrogen and oxygen atoms in total. The minimum absolute atomic E-state index is 0.134. The third-order valence-corrected chi connectivity index (χ3v) is 6.30. The van der Waals surface area contributed by atoms with Gasteiger partial charge in [0.2, 0.25) is 0 Å². The van der Waals surface area contributed by atoms with E-state index in [1.54, 1.807) is 0 Å². The van der Waals surface area contributed by atoms with Gasteiger partial charge in [0, 0.05) is 18.7 Å². The minimum Gasteiger partial charge on any atom is -0.494 e. The highest BCUT2D eigenvalue weighted by Gasteiger charge is 2.26. The van der Waals surface area contributed by atoms with Crippen LogP contribution < -0.4 is 10.1 Å². The number of aromatic nitrogens is 1. The first-order chi connectivity index (χ1) is 13.1. The highest BCUT2D eigenvalue weighted by atomic mass is 32.1. The number of ether oxygens (including phenoxy) is 1. The fourth-order valence-corrected chi connectivity index (χ4v) is 4.54. The third-order valence-electron chi connectivity index (χ3n) is 5.11. The number of aryl methyl sites for hydroxylation is 1. The molecule has 1 aliphatic rings. The minimum atomic E-state index is 0.134. The monoisotopic (exact) mass is 387 g/mol. The molecule has 1 aliphatic heterocycles. The van der Waals surface area contributed by atoms with Crippen molar-refractivity contribution in [3.63, 3.8) is 0 Å². The summed E-state index contributed by atoms with van der Waals surface area (Å²) in [6, 6.07) is 7.91. The van der Waals surface area contributed by atoms with Crippen LogP contribution in [-0.2, 0) is 0 Å². The van der Waals surface area contributed by atoms with Gasteiger partial charge in [-0.25, -0.2) is 4.98 Å². The number of carbonyl (C=O) groups excluding carboxylic acids is 1. The second-order valence-corrected chi connectivity index (χ2v) is 8.02. The lowest BCUT2D eigenvalue weighted by Crippen LogP contribution is -2.38. The Bertz CT molecular complexity index is 749. The molecule has 2 aromatic rings. The van der Waals surface area contributed by atoms with E-state index in [9.17, 15) is 4.79 Å². The molecule has 0 bridgehead atoms. The average molecular weight is 388 g/mol. The molecule has 27 heavy (non-hydrogen) atoms. The van der Waals surface area contributed by atoms with Crippen LogP contribution in [0.4, 0.5) is 0 Å². The smallest absolute Gasteiger partial charge is 0.265 e. The van der Waals surface area contributed by atoms with Crippen LogP contribution in [0.5, 0.6) is 5.75 Å². The third kappa shape index (κ3) is 4.87. The summed E-state index contributed by atoms with van der Waals surface area (Å²) in [5.74, 6) is 1.71. The van der Waals surface area contributed by atoms with E-state index in [-0.39, 0.29) is 5.91 Å². The molecule has 146 valence electrons. The lowest BCUT2D eigenvalue weighted by Gasteiger charge is -2.31. The van der Waals surface area contributed by atoms with Crippen LogP contribution in [0.15, 0.2) is 24.3 Å². The summed E-state index contributed by atoms with van der Waals surface area (Å²) in [5, 5.41) is 4.11. The van der Waals surface area contributed by atoms with Crippen LogP contribution >= 0.6 is 11.3 Å². The molecule has 0 aliphatic carbocycles. The summed E-state index contributed by atoms with van der Waals surface area (Å²) in [7, 11) is 1.99. The van der Waals surface area contributed by atoms with Crippen molar-refractivity contribution in [2.24, 2.45) is 5.92 Å². The number of carbonyl (C=O) groups is 1. The van der Waals surface area contributed by atoms with Gasteiger partial charge in [0.15, 0.2) is 0 Å². The number of benzene rings is 1. The van der Waals surface area contributed by atoms with E-state index in [0.29, 0.717) is 6.61 Å². The molecule has 1 aromatic carbocycles. The first-order valence-corrected chi connectivity index (χ1v) is 10.6. The highest BCUT2D eigenvalue weighted by Crippen LogP contribution is 2.31. The zero-order chi connectivity index (χ0) is 19.2. The number of thiazole rings is 1. The molecule has 1 saturated heterocycles. The Hall–Kier alpha value is -1.92. The Morgan fingerprint density at radius 3 is 2.63 bits per heavy atom. The van der Waals surface area contributed by atoms with Crippen molar-refractivity contribution < 1.29 is 9.53 Å². The normalized spacial score (nSPS) is 15.1. The SMILES string of the molecule is CCOc1ccc(-c2nc(C)c(C(=O)N3CCC(CCNC)CC3)s2)cc1. The van der Waals surface area contributed by atoms with E-state index in [2.05, 4.69) is 10.3 Å². The topological polar surface area (TPSA) is 54.5 Å². The average Bonchev–Trinajstić information content (AvgIpc) is 3.08. The second kappa shape index (κ2) is 9.33. The van der Waals surface area contributed by atoms with Gasteiger partial charge in [-0.2, -0.15) is 0 Å². The molecular weight excluding hydrogens is 358 g/mol. The van der Waals surface area contributed by atoms with Gasteiger partial charge in [0.05, 0.1) is 12.3 Å². The fraction of sp³-hybridized carbons (Fsp3) is 0.524. The lowest BCUT2D eigenvalue weighted by atomic mass is 9.93. The van der Waals surface area contributed by atoms with Crippen molar-refractivity contribution in [3.05, 3.63) is 34.8 Å². The summed E-state index contributed by atoms with van der Waals surface area (Å²) in [5.41, 5.74) is 1.85. The van der Waals surface area contributed by atoms with Gasteiger partial charge in [-0.05, 0) is 76.9 Å². The maximum absolute atomic E-state index is 13.0. The molecular formula is C21H29N3O2S. The molecule has 3 rings (SSSR count). The number of nitrogens with zero attached hydrogens (tertiary/aromatic N) is 2. The predicted octanol–water partition coefficient (Wildman–Crippen LogP) is 3.98. The summed E-state index contributed by atoms with van der Waals surface area (Å²) >= 11 is 1.50. The van der Waals surface area contributed by atoms with Crippen LogP contribution in [0.1, 0.15) is 41.6 Å². The van der Waals surface area contributed by atoms with Gasteiger partial charge < -0.3 is 15.0 Å². The number of hydrogen-bond donors (Lipinski definition) is 1. The van der Waals surface area contributed by atoms with Crippen molar-refractivity contribution in [1.82, 2.24) is 15.2 Å². The molecule has 0 saturated carbocycles. The summed E-state index contributed by atoms with van der Waals surface area (Å²) in [6.45, 7) is 7.31. The molecule has 0 atom stereocenters. The molecule has 1 aromatic heterocycles. The molecule has 0 radical (unpaired) electrons. The number of hydrogen-bond acceptors (Lipinski definition) is 5. The molecule has 2 heterocycles. The van der Waals surface area contributed by atoms with E-state index in [0.717, 1.165) is 65.3 Å². The number of rotatable bonds is 7. The van der Waals surface area contributed by atoms with Crippen molar-refractivity contribution in [3.8, 4) is 16.3 Å². The molecule has 1 fully saturated rings. The Morgan fingerprint density at radius 2 is 2.00 bits per heavy atom. The van der Waals surface area contributed by atoms with Gasteiger partial charge in [0.25, 0.3) is 5.91 Å². The molecule has 1 N–H and O–H groups in total. The predicted molar refractivity (Wildman–Crippen MR) is 111 cm³/mol. The molecule has 6 heteroatoms. The zero-order valence-electron chi connectivity index (χ0n) is 16.5. The number of amides is 1. The van der Waals surface area contributed by atoms with Crippen molar-refractivity contribution >= 4 is 17.2 Å². The molecule has 0 spiro atoms. The Labute approximate surface area is 165 Å². The van der Waals surface area contributed by atoms with Crippen molar-refractivity contribution in [2.45, 2.75) is 33.1 Å². The maximum atomic E-state index is 13.0. The van der Waals surface area contributed by atoms with Gasteiger partial charge in [-0.3, -0.25) is 4.79 Å². The Kier molecular flexibility index (Phi) is 6.85. The first-order valence-electron chi connectivity index (χ1n) is 9.77. The van der Waals surface area contributed by atoms with Crippen LogP contribution in [0.25, 0.3) is 10.6 Å². The zero-order valence-corrected chi connectivity index (χ0v) is 17.3. The summed E-state index contributed by atoms with van der Waals surface area (Å²) in [6.07, 6.45) is 3.38. The highest BCUT2D eigenvalue weighted by molar-refractivity contribution is 7.17. The fourth-order valence-electron chi connectivity index (χ4n) is 3.50. The van der Waals surface area contributed by atoms with E-state index >= 15 is 0 Å². The Morgan fingerprint density at radius 1 is 1.30 bits per heavy atom. The van der Waals surface area contributed by atoms with Gasteiger partial charge >= 0.3 is 0 Å².